The summed E-state index contributed by atoms with van der Waals surface area (Å²) >= 11 is 0. The number of fused-ring (bicyclic) bond motifs is 1. The van der Waals surface area contributed by atoms with Crippen LogP contribution in [0.3, 0.4) is 0 Å². The van der Waals surface area contributed by atoms with E-state index in [1.165, 1.54) is 12.7 Å². The lowest BCUT2D eigenvalue weighted by molar-refractivity contribution is -0.185. The number of alkyl carbamates (subject to hydrolysis) is 1. The molecule has 0 radical (unpaired) electrons. The van der Waals surface area contributed by atoms with E-state index in [0.717, 1.165) is 17.1 Å². The van der Waals surface area contributed by atoms with Crippen LogP contribution < -0.4 is 31.9 Å². The van der Waals surface area contributed by atoms with Gasteiger partial charge in [-0.3, -0.25) is 29.4 Å². The Bertz CT molecular complexity index is 2010. The minimum Gasteiger partial charge on any atom is -0.445 e. The Labute approximate surface area is 342 Å². The molecule has 0 aliphatic carbocycles. The molecular formula is C37H49N11O12. The first-order chi connectivity index (χ1) is 28.7. The summed E-state index contributed by atoms with van der Waals surface area (Å²) in [6, 6.07) is 4.00. The van der Waals surface area contributed by atoms with Gasteiger partial charge in [-0.05, 0) is 30.5 Å². The van der Waals surface area contributed by atoms with Gasteiger partial charge in [-0.2, -0.15) is 0 Å². The van der Waals surface area contributed by atoms with E-state index in [1.807, 2.05) is 0 Å². The predicted molar refractivity (Wildman–Crippen MR) is 208 cm³/mol. The summed E-state index contributed by atoms with van der Waals surface area (Å²) in [6.45, 7) is 4.44. The summed E-state index contributed by atoms with van der Waals surface area (Å²) in [5.41, 5.74) is 2.00. The first kappa shape index (κ1) is 43.8. The van der Waals surface area contributed by atoms with Crippen molar-refractivity contribution in [3.8, 4) is 0 Å². The molecule has 0 saturated carbocycles. The molecule has 60 heavy (non-hydrogen) atoms. The van der Waals surface area contributed by atoms with Crippen LogP contribution in [0, 0.1) is 5.92 Å². The van der Waals surface area contributed by atoms with Gasteiger partial charge in [0, 0.05) is 30.8 Å². The second-order valence-corrected chi connectivity index (χ2v) is 14.8. The van der Waals surface area contributed by atoms with E-state index in [0.29, 0.717) is 22.4 Å². The number of amides is 5. The third-order valence-electron chi connectivity index (χ3n) is 10.0. The van der Waals surface area contributed by atoms with Crippen LogP contribution in [0.25, 0.3) is 11.2 Å². The zero-order valence-electron chi connectivity index (χ0n) is 32.8. The van der Waals surface area contributed by atoms with E-state index in [-0.39, 0.29) is 37.9 Å². The smallest absolute Gasteiger partial charge is 0.407 e. The van der Waals surface area contributed by atoms with Crippen molar-refractivity contribution in [3.63, 3.8) is 0 Å². The zero-order valence-corrected chi connectivity index (χ0v) is 32.8. The number of aromatic amines is 1. The van der Waals surface area contributed by atoms with Gasteiger partial charge in [-0.25, -0.2) is 19.7 Å². The van der Waals surface area contributed by atoms with Crippen molar-refractivity contribution >= 4 is 52.4 Å². The minimum absolute atomic E-state index is 0.0608. The fraction of sp³-hybridized carbons (Fsp3) is 0.514. The van der Waals surface area contributed by atoms with Crippen molar-refractivity contribution in [3.05, 3.63) is 54.6 Å². The third kappa shape index (κ3) is 10.9. The summed E-state index contributed by atoms with van der Waals surface area (Å²) in [5.74, 6) is -2.08. The lowest BCUT2D eigenvalue weighted by Crippen LogP contribution is -2.65. The Kier molecular flexibility index (Phi) is 14.2. The molecule has 23 nitrogen and oxygen atoms in total. The molecule has 1 aromatic carbocycles. The van der Waals surface area contributed by atoms with Gasteiger partial charge in [-0.1, -0.05) is 26.0 Å². The highest BCUT2D eigenvalue weighted by atomic mass is 16.6. The van der Waals surface area contributed by atoms with Crippen LogP contribution in [0.4, 0.5) is 16.3 Å². The number of rotatable bonds is 19. The highest BCUT2D eigenvalue weighted by Gasteiger charge is 2.49. The molecule has 10 atom stereocenters. The summed E-state index contributed by atoms with van der Waals surface area (Å²) in [7, 11) is 0. The van der Waals surface area contributed by atoms with Crippen LogP contribution in [-0.4, -0.2) is 156 Å². The van der Waals surface area contributed by atoms with Crippen LogP contribution in [0.5, 0.6) is 0 Å². The first-order valence-corrected chi connectivity index (χ1v) is 19.2. The average molecular weight is 840 g/mol. The number of hydrogen-bond donors (Lipinski definition) is 11. The number of benzene rings is 1. The number of carbonyl (C=O) groups is 5. The van der Waals surface area contributed by atoms with E-state index in [9.17, 15) is 44.4 Å². The van der Waals surface area contributed by atoms with Crippen LogP contribution in [-0.2, 0) is 40.0 Å². The van der Waals surface area contributed by atoms with E-state index in [1.54, 1.807) is 45.0 Å². The van der Waals surface area contributed by atoms with Gasteiger partial charge >= 0.3 is 6.09 Å². The number of ether oxygens (including phenoxy) is 3. The number of H-pyrrole nitrogens is 1. The molecule has 11 N–H and O–H groups in total. The molecule has 2 aromatic heterocycles. The number of epoxide rings is 1. The number of nitrogens with zero attached hydrogens (tertiary/aromatic N) is 4. The number of hydrogen-bond acceptors (Lipinski definition) is 18. The van der Waals surface area contributed by atoms with Crippen molar-refractivity contribution < 1.29 is 58.6 Å². The fourth-order valence-corrected chi connectivity index (χ4v) is 6.51. The molecule has 3 aliphatic heterocycles. The van der Waals surface area contributed by atoms with Crippen LogP contribution in [0.1, 0.15) is 32.8 Å². The number of aliphatic hydroxyl groups excluding tert-OH is 4. The SMILES string of the molecule is CC(C)[C@H](NC(=O)CCN1C(=O)C=CC1=O)C(=O)N[C@@H](C)C(O)Nc1ccc(COC(=O)NCC2OC2N[C@@H]2[C@@H](O)[C@H](O)[C@@H](Nc3ncnc4nc[nH]c34)O[C@H]2CO)cc1. The van der Waals surface area contributed by atoms with Gasteiger partial charge in [0.1, 0.15) is 61.4 Å². The summed E-state index contributed by atoms with van der Waals surface area (Å²) in [5, 5.41) is 59.3. The maximum Gasteiger partial charge on any atom is 0.407 e. The normalized spacial score (nSPS) is 25.1. The molecule has 0 spiro atoms. The van der Waals surface area contributed by atoms with Crippen molar-refractivity contribution in [1.29, 1.82) is 0 Å². The number of imide groups is 1. The van der Waals surface area contributed by atoms with Gasteiger partial charge in [0.2, 0.25) is 11.8 Å². The fourth-order valence-electron chi connectivity index (χ4n) is 6.51. The van der Waals surface area contributed by atoms with E-state index in [2.05, 4.69) is 51.8 Å². The van der Waals surface area contributed by atoms with Crippen molar-refractivity contribution in [1.82, 2.24) is 46.1 Å². The average Bonchev–Trinajstić information content (AvgIpc) is 3.63. The van der Waals surface area contributed by atoms with Crippen molar-refractivity contribution in [2.45, 2.75) is 95.0 Å². The number of aliphatic hydroxyl groups is 4. The maximum absolute atomic E-state index is 13.0. The highest BCUT2D eigenvalue weighted by molar-refractivity contribution is 6.13. The molecule has 3 aliphatic rings. The minimum atomic E-state index is -1.43. The highest BCUT2D eigenvalue weighted by Crippen LogP contribution is 2.28. The number of nitrogens with one attached hydrogen (secondary N) is 7. The zero-order chi connectivity index (χ0) is 43.1. The second-order valence-electron chi connectivity index (χ2n) is 14.8. The number of carbonyl (C=O) groups excluding carboxylic acids is 5. The Morgan fingerprint density at radius 1 is 0.950 bits per heavy atom. The molecule has 23 heteroatoms. The lowest BCUT2D eigenvalue weighted by Gasteiger charge is -2.42. The molecule has 5 heterocycles. The molecule has 0 bridgehead atoms. The molecule has 5 amide bonds. The van der Waals surface area contributed by atoms with Gasteiger partial charge in [-0.15, -0.1) is 0 Å². The van der Waals surface area contributed by atoms with Gasteiger partial charge in [0.15, 0.2) is 17.7 Å². The molecular weight excluding hydrogens is 790 g/mol. The molecule has 2 saturated heterocycles. The van der Waals surface area contributed by atoms with Gasteiger partial charge in [0.05, 0.1) is 31.6 Å². The number of anilines is 2. The standard InChI is InChI=1S/C37H49N11O12/c1-17(2)26(45-23(50)10-11-48-24(51)8-9-25(48)52)34(56)43-18(3)33(55)44-20-6-4-19(5-7-20)14-58-37(57)38-12-21-35(59-21)46-27-22(13-49)60-36(30(54)29(27)53)47-32-28-31(40-15-39-28)41-16-42-32/h4-9,15-18,21-22,26-27,29-30,33,35-36,44,46,49,53-55H,10-14H2,1-3H3,(H,38,57)(H,43,56)(H,45,50)(H2,39,40,41,42,47)/t18-,21?,22-,26-,27-,29+,30-,33?,35?,36-/m0/s1. The summed E-state index contributed by atoms with van der Waals surface area (Å²) in [4.78, 5) is 77.6. The Morgan fingerprint density at radius 3 is 2.37 bits per heavy atom. The topological polar surface area (TPSA) is 327 Å². The third-order valence-corrected chi connectivity index (χ3v) is 10.0. The Morgan fingerprint density at radius 2 is 1.67 bits per heavy atom. The first-order valence-electron chi connectivity index (χ1n) is 19.2. The molecule has 3 aromatic rings. The summed E-state index contributed by atoms with van der Waals surface area (Å²) in [6.07, 6.45) is -3.14. The number of aromatic nitrogens is 4. The quantitative estimate of drug-likeness (QED) is 0.0338. The summed E-state index contributed by atoms with van der Waals surface area (Å²) < 4.78 is 16.7. The maximum atomic E-state index is 13.0. The van der Waals surface area contributed by atoms with E-state index >= 15 is 0 Å². The predicted octanol–water partition coefficient (Wildman–Crippen LogP) is -2.50. The van der Waals surface area contributed by atoms with Crippen molar-refractivity contribution in [2.24, 2.45) is 5.92 Å². The van der Waals surface area contributed by atoms with Gasteiger partial charge < -0.3 is 66.2 Å². The molecule has 324 valence electrons. The van der Waals surface area contributed by atoms with Crippen molar-refractivity contribution in [2.75, 3.05) is 30.3 Å². The van der Waals surface area contributed by atoms with E-state index in [4.69, 9.17) is 14.2 Å². The van der Waals surface area contributed by atoms with E-state index < -0.39 is 97.6 Å². The van der Waals surface area contributed by atoms with Crippen LogP contribution in [0.2, 0.25) is 0 Å². The van der Waals surface area contributed by atoms with Crippen LogP contribution >= 0.6 is 0 Å². The molecule has 3 unspecified atom stereocenters. The molecule has 2 fully saturated rings. The Hall–Kier alpha value is -5.82. The number of imidazole rings is 1. The largest absolute Gasteiger partial charge is 0.445 e. The Balaban J connectivity index is 0.875. The lowest BCUT2D eigenvalue weighted by atomic mass is 9.95. The molecule has 6 rings (SSSR count). The van der Waals surface area contributed by atoms with Crippen LogP contribution in [0.15, 0.2) is 49.1 Å². The second kappa shape index (κ2) is 19.5. The monoisotopic (exact) mass is 839 g/mol. The van der Waals surface area contributed by atoms with Gasteiger partial charge in [0.25, 0.3) is 11.8 Å².